The summed E-state index contributed by atoms with van der Waals surface area (Å²) in [5.41, 5.74) is 0.860. The molecule has 2 aromatic heterocycles. The van der Waals surface area contributed by atoms with Crippen LogP contribution in [0.15, 0.2) is 24.5 Å². The fraction of sp³-hybridized carbons (Fsp3) is 0.429. The largest absolute Gasteiger partial charge is 0.410 e. The second-order valence-electron chi connectivity index (χ2n) is 5.32. The molecule has 3 heterocycles. The molecule has 1 unspecified atom stereocenters. The minimum Gasteiger partial charge on any atom is -0.336 e. The number of hydrogen-bond acceptors (Lipinski definition) is 3. The molecule has 1 aliphatic heterocycles. The van der Waals surface area contributed by atoms with Gasteiger partial charge >= 0.3 is 6.18 Å². The lowest BCUT2D eigenvalue weighted by Gasteiger charge is -2.37. The van der Waals surface area contributed by atoms with E-state index in [1.54, 1.807) is 22.9 Å². The van der Waals surface area contributed by atoms with Crippen LogP contribution < -0.4 is 5.32 Å². The number of fused-ring (bicyclic) bond motifs is 1. The Morgan fingerprint density at radius 3 is 2.95 bits per heavy atom. The monoisotopic (exact) mass is 312 g/mol. The Hall–Kier alpha value is -2.09. The molecule has 8 heteroatoms. The normalized spacial score (nSPS) is 19.6. The van der Waals surface area contributed by atoms with Gasteiger partial charge in [-0.25, -0.2) is 4.98 Å². The van der Waals surface area contributed by atoms with Crippen molar-refractivity contribution >= 4 is 16.9 Å². The van der Waals surface area contributed by atoms with Gasteiger partial charge in [0.1, 0.15) is 11.7 Å². The zero-order chi connectivity index (χ0) is 15.9. The molecule has 0 spiro atoms. The van der Waals surface area contributed by atoms with Crippen molar-refractivity contribution in [2.45, 2.75) is 12.2 Å². The van der Waals surface area contributed by atoms with Crippen LogP contribution in [0.5, 0.6) is 0 Å². The average molecular weight is 312 g/mol. The quantitative estimate of drug-likeness (QED) is 0.869. The number of alkyl halides is 3. The van der Waals surface area contributed by atoms with Crippen LogP contribution in [0.4, 0.5) is 13.2 Å². The van der Waals surface area contributed by atoms with Crippen molar-refractivity contribution in [2.75, 3.05) is 19.6 Å². The van der Waals surface area contributed by atoms with Crippen molar-refractivity contribution < 1.29 is 18.0 Å². The number of hydrogen-bond donors (Lipinski definition) is 1. The number of rotatable bonds is 1. The van der Waals surface area contributed by atoms with E-state index in [0.717, 1.165) is 10.3 Å². The number of pyridine rings is 1. The SMILES string of the molecule is Cn1ccc2cc(C(=O)N3CCNCC3C(F)(F)F)cnc21. The number of nitrogens with zero attached hydrogens (tertiary/aromatic N) is 3. The van der Waals surface area contributed by atoms with Gasteiger partial charge in [0.05, 0.1) is 5.56 Å². The first-order valence-corrected chi connectivity index (χ1v) is 6.87. The maximum absolute atomic E-state index is 13.1. The fourth-order valence-corrected chi connectivity index (χ4v) is 2.68. The van der Waals surface area contributed by atoms with Crippen LogP contribution in [0.3, 0.4) is 0 Å². The first kappa shape index (κ1) is 14.8. The third-order valence-electron chi connectivity index (χ3n) is 3.84. The molecule has 5 nitrogen and oxygen atoms in total. The minimum atomic E-state index is -4.45. The van der Waals surface area contributed by atoms with Crippen LogP contribution in [-0.4, -0.2) is 52.2 Å². The second kappa shape index (κ2) is 5.28. The summed E-state index contributed by atoms with van der Waals surface area (Å²) in [4.78, 5) is 17.5. The van der Waals surface area contributed by atoms with Crippen molar-refractivity contribution in [1.29, 1.82) is 0 Å². The summed E-state index contributed by atoms with van der Waals surface area (Å²) in [5, 5.41) is 3.41. The number of amides is 1. The molecule has 3 rings (SSSR count). The molecule has 1 fully saturated rings. The van der Waals surface area contributed by atoms with Crippen LogP contribution >= 0.6 is 0 Å². The van der Waals surface area contributed by atoms with E-state index < -0.39 is 18.1 Å². The molecule has 1 amide bonds. The molecule has 1 saturated heterocycles. The standard InChI is InChI=1S/C14H15F3N4O/c1-20-4-2-9-6-10(7-19-12(9)20)13(22)21-5-3-18-8-11(21)14(15,16)17/h2,4,6-7,11,18H,3,5,8H2,1H3. The van der Waals surface area contributed by atoms with E-state index in [-0.39, 0.29) is 18.7 Å². The maximum Gasteiger partial charge on any atom is 0.410 e. The van der Waals surface area contributed by atoms with Gasteiger partial charge in [-0.2, -0.15) is 13.2 Å². The van der Waals surface area contributed by atoms with Gasteiger partial charge in [-0.1, -0.05) is 0 Å². The Labute approximate surface area is 124 Å². The highest BCUT2D eigenvalue weighted by molar-refractivity contribution is 5.97. The van der Waals surface area contributed by atoms with Crippen LogP contribution in [0.2, 0.25) is 0 Å². The topological polar surface area (TPSA) is 50.2 Å². The fourth-order valence-electron chi connectivity index (χ4n) is 2.68. The molecule has 1 atom stereocenters. The summed E-state index contributed by atoms with van der Waals surface area (Å²) in [7, 11) is 1.81. The number of aryl methyl sites for hydroxylation is 1. The molecule has 1 N–H and O–H groups in total. The molecule has 22 heavy (non-hydrogen) atoms. The van der Waals surface area contributed by atoms with Crippen molar-refractivity contribution in [3.63, 3.8) is 0 Å². The van der Waals surface area contributed by atoms with Crippen molar-refractivity contribution in [3.8, 4) is 0 Å². The lowest BCUT2D eigenvalue weighted by atomic mass is 10.1. The van der Waals surface area contributed by atoms with Crippen molar-refractivity contribution in [1.82, 2.24) is 19.8 Å². The zero-order valence-corrected chi connectivity index (χ0v) is 11.9. The molecule has 0 saturated carbocycles. The third kappa shape index (κ3) is 2.54. The van der Waals surface area contributed by atoms with Gasteiger partial charge in [-0.05, 0) is 12.1 Å². The number of aromatic nitrogens is 2. The van der Waals surface area contributed by atoms with E-state index in [0.29, 0.717) is 12.2 Å². The molecule has 118 valence electrons. The van der Waals surface area contributed by atoms with E-state index in [1.165, 1.54) is 6.20 Å². The number of carbonyl (C=O) groups is 1. The van der Waals surface area contributed by atoms with Crippen LogP contribution in [0.25, 0.3) is 11.0 Å². The third-order valence-corrected chi connectivity index (χ3v) is 3.84. The molecular weight excluding hydrogens is 297 g/mol. The summed E-state index contributed by atoms with van der Waals surface area (Å²) in [6.45, 7) is 0.0887. The molecule has 0 radical (unpaired) electrons. The van der Waals surface area contributed by atoms with E-state index in [1.807, 2.05) is 7.05 Å². The summed E-state index contributed by atoms with van der Waals surface area (Å²) < 4.78 is 41.0. The number of nitrogens with one attached hydrogen (secondary N) is 1. The summed E-state index contributed by atoms with van der Waals surface area (Å²) in [5.74, 6) is -0.637. The maximum atomic E-state index is 13.1. The van der Waals surface area contributed by atoms with E-state index in [4.69, 9.17) is 0 Å². The van der Waals surface area contributed by atoms with Crippen LogP contribution in [0.1, 0.15) is 10.4 Å². The number of carbonyl (C=O) groups excluding carboxylic acids is 1. The Balaban J connectivity index is 1.93. The second-order valence-corrected chi connectivity index (χ2v) is 5.32. The number of halogens is 3. The Kier molecular flexibility index (Phi) is 3.56. The Bertz CT molecular complexity index is 710. The van der Waals surface area contributed by atoms with Gasteiger partial charge in [-0.3, -0.25) is 4.79 Å². The molecule has 0 aliphatic carbocycles. The number of piperazine rings is 1. The summed E-state index contributed by atoms with van der Waals surface area (Å²) in [6, 6.07) is 1.55. The van der Waals surface area contributed by atoms with Gasteiger partial charge in [0.15, 0.2) is 0 Å². The van der Waals surface area contributed by atoms with Gasteiger partial charge in [0.25, 0.3) is 5.91 Å². The van der Waals surface area contributed by atoms with Crippen LogP contribution in [0, 0.1) is 0 Å². The van der Waals surface area contributed by atoms with Gasteiger partial charge < -0.3 is 14.8 Å². The molecule has 1 aliphatic rings. The molecule has 2 aromatic rings. The van der Waals surface area contributed by atoms with Crippen molar-refractivity contribution in [3.05, 3.63) is 30.1 Å². The summed E-state index contributed by atoms with van der Waals surface area (Å²) >= 11 is 0. The molecule has 0 aromatic carbocycles. The Morgan fingerprint density at radius 1 is 1.45 bits per heavy atom. The van der Waals surface area contributed by atoms with Crippen molar-refractivity contribution in [2.24, 2.45) is 7.05 Å². The van der Waals surface area contributed by atoms with E-state index in [2.05, 4.69) is 10.3 Å². The highest BCUT2D eigenvalue weighted by atomic mass is 19.4. The van der Waals surface area contributed by atoms with E-state index >= 15 is 0 Å². The van der Waals surface area contributed by atoms with Gasteiger partial charge in [-0.15, -0.1) is 0 Å². The molecular formula is C14H15F3N4O. The lowest BCUT2D eigenvalue weighted by Crippen LogP contribution is -2.59. The minimum absolute atomic E-state index is 0.0236. The van der Waals surface area contributed by atoms with E-state index in [9.17, 15) is 18.0 Å². The van der Waals surface area contributed by atoms with Crippen LogP contribution in [-0.2, 0) is 7.05 Å². The average Bonchev–Trinajstić information content (AvgIpc) is 2.86. The highest BCUT2D eigenvalue weighted by Crippen LogP contribution is 2.27. The highest BCUT2D eigenvalue weighted by Gasteiger charge is 2.46. The lowest BCUT2D eigenvalue weighted by molar-refractivity contribution is -0.179. The smallest absolute Gasteiger partial charge is 0.336 e. The van der Waals surface area contributed by atoms with Gasteiger partial charge in [0.2, 0.25) is 0 Å². The first-order chi connectivity index (χ1) is 10.4. The predicted molar refractivity (Wildman–Crippen MR) is 74.5 cm³/mol. The zero-order valence-electron chi connectivity index (χ0n) is 11.9. The Morgan fingerprint density at radius 2 is 2.23 bits per heavy atom. The predicted octanol–water partition coefficient (Wildman–Crippen LogP) is 1.55. The van der Waals surface area contributed by atoms with Gasteiger partial charge in [0, 0.05) is 44.5 Å². The first-order valence-electron chi connectivity index (χ1n) is 6.87. The molecule has 0 bridgehead atoms. The summed E-state index contributed by atoms with van der Waals surface area (Å²) in [6.07, 6.45) is -1.33.